The van der Waals surface area contributed by atoms with E-state index in [4.69, 9.17) is 9.47 Å². The van der Waals surface area contributed by atoms with Crippen LogP contribution in [0.15, 0.2) is 73.2 Å². The zero-order valence-corrected chi connectivity index (χ0v) is 21.3. The molecule has 0 saturated heterocycles. The number of hydrogen-bond acceptors (Lipinski definition) is 6. The summed E-state index contributed by atoms with van der Waals surface area (Å²) in [7, 11) is 0. The van der Waals surface area contributed by atoms with Crippen LogP contribution < -0.4 is 4.74 Å². The molecule has 2 aliphatic rings. The topological polar surface area (TPSA) is 51.1 Å². The molecule has 32 heavy (non-hydrogen) atoms. The third-order valence-corrected chi connectivity index (χ3v) is 6.90. The number of aliphatic imine (C=N–C) groups is 1. The fraction of sp³-hybridized carbons (Fsp3) is 0.217. The number of ether oxygens (including phenoxy) is 2. The molecule has 5 nitrogen and oxygen atoms in total. The minimum absolute atomic E-state index is 0.285. The Hall–Kier alpha value is -2.10. The first-order valence-electron chi connectivity index (χ1n) is 9.83. The molecule has 2 aromatic carbocycles. The smallest absolute Gasteiger partial charge is 0.338 e. The molecule has 0 bridgehead atoms. The lowest BCUT2D eigenvalue weighted by Gasteiger charge is -2.33. The summed E-state index contributed by atoms with van der Waals surface area (Å²) >= 11 is 8.72. The van der Waals surface area contributed by atoms with Crippen molar-refractivity contribution in [3.8, 4) is 5.75 Å². The van der Waals surface area contributed by atoms with Crippen LogP contribution in [0.5, 0.6) is 5.75 Å². The van der Waals surface area contributed by atoms with Crippen LogP contribution in [0, 0.1) is 5.82 Å². The van der Waals surface area contributed by atoms with E-state index in [-0.39, 0.29) is 31.0 Å². The third-order valence-electron chi connectivity index (χ3n) is 4.95. The molecule has 0 aromatic heterocycles. The largest absolute Gasteiger partial charge is 0.487 e. The number of hydrogen-bond donors (Lipinski definition) is 0. The van der Waals surface area contributed by atoms with Gasteiger partial charge in [0.1, 0.15) is 18.2 Å². The van der Waals surface area contributed by atoms with E-state index in [2.05, 4.69) is 36.9 Å². The molecule has 166 valence electrons. The van der Waals surface area contributed by atoms with E-state index in [0.29, 0.717) is 17.0 Å². The van der Waals surface area contributed by atoms with Gasteiger partial charge in [0, 0.05) is 6.20 Å². The van der Waals surface area contributed by atoms with E-state index in [1.807, 2.05) is 35.6 Å². The summed E-state index contributed by atoms with van der Waals surface area (Å²) in [6, 6.07) is 9.66. The molecular formula is C23H19Br2FN2O3S. The van der Waals surface area contributed by atoms with Crippen molar-refractivity contribution >= 4 is 54.8 Å². The molecule has 0 fully saturated rings. The van der Waals surface area contributed by atoms with Crippen LogP contribution in [0.25, 0.3) is 0 Å². The standard InChI is InChI=1S/C23H19Br2FN2O3S/c1-3-30-22(29)19-13(2)27-23-28(8-9-32-23)20(19)15-10-17(24)21(18(25)11-15)31-12-14-4-6-16(26)7-5-14/h4-11,20H,3,12H2,1-2H3/t20-/m1/s1. The van der Waals surface area contributed by atoms with Crippen molar-refractivity contribution < 1.29 is 18.7 Å². The van der Waals surface area contributed by atoms with Crippen LogP contribution in [0.1, 0.15) is 31.0 Å². The molecule has 2 aromatic rings. The molecule has 2 heterocycles. The van der Waals surface area contributed by atoms with Crippen molar-refractivity contribution in [2.45, 2.75) is 26.5 Å². The van der Waals surface area contributed by atoms with E-state index in [0.717, 1.165) is 25.2 Å². The number of rotatable bonds is 6. The fourth-order valence-corrected chi connectivity index (χ4v) is 5.75. The van der Waals surface area contributed by atoms with Gasteiger partial charge in [-0.15, -0.1) is 0 Å². The first-order chi connectivity index (χ1) is 15.4. The zero-order valence-electron chi connectivity index (χ0n) is 17.3. The number of benzene rings is 2. The second-order valence-electron chi connectivity index (χ2n) is 7.06. The van der Waals surface area contributed by atoms with Crippen molar-refractivity contribution in [3.05, 3.63) is 85.2 Å². The quantitative estimate of drug-likeness (QED) is 0.355. The molecule has 0 N–H and O–H groups in total. The summed E-state index contributed by atoms with van der Waals surface area (Å²) in [4.78, 5) is 19.4. The predicted molar refractivity (Wildman–Crippen MR) is 131 cm³/mol. The number of esters is 1. The number of allylic oxidation sites excluding steroid dienone is 1. The summed E-state index contributed by atoms with van der Waals surface area (Å²) in [5, 5.41) is 2.75. The minimum Gasteiger partial charge on any atom is -0.487 e. The maximum atomic E-state index is 13.1. The van der Waals surface area contributed by atoms with Gasteiger partial charge in [0.25, 0.3) is 0 Å². The Morgan fingerprint density at radius 3 is 2.56 bits per heavy atom. The fourth-order valence-electron chi connectivity index (χ4n) is 3.51. The molecule has 9 heteroatoms. The van der Waals surface area contributed by atoms with Crippen LogP contribution in [-0.4, -0.2) is 22.6 Å². The lowest BCUT2D eigenvalue weighted by molar-refractivity contribution is -0.139. The molecular weight excluding hydrogens is 563 g/mol. The van der Waals surface area contributed by atoms with Crippen molar-refractivity contribution in [2.24, 2.45) is 4.99 Å². The highest BCUT2D eigenvalue weighted by Crippen LogP contribution is 2.44. The maximum absolute atomic E-state index is 13.1. The Morgan fingerprint density at radius 2 is 1.91 bits per heavy atom. The van der Waals surface area contributed by atoms with E-state index in [1.54, 1.807) is 19.1 Å². The Morgan fingerprint density at radius 1 is 1.22 bits per heavy atom. The number of thioether (sulfide) groups is 1. The van der Waals surface area contributed by atoms with E-state index in [1.165, 1.54) is 23.9 Å². The van der Waals surface area contributed by atoms with E-state index >= 15 is 0 Å². The first kappa shape index (κ1) is 23.1. The van der Waals surface area contributed by atoms with E-state index in [9.17, 15) is 9.18 Å². The number of carbonyl (C=O) groups is 1. The molecule has 2 aliphatic heterocycles. The molecule has 0 saturated carbocycles. The molecule has 4 rings (SSSR count). The van der Waals surface area contributed by atoms with Crippen LogP contribution in [-0.2, 0) is 16.1 Å². The SMILES string of the molecule is CCOC(=O)C1=C(C)N=C2SC=CN2[C@@H]1c1cc(Br)c(OCc2ccc(F)cc2)c(Br)c1. The Kier molecular flexibility index (Phi) is 7.07. The zero-order chi connectivity index (χ0) is 22.8. The molecule has 0 aliphatic carbocycles. The second kappa shape index (κ2) is 9.80. The highest BCUT2D eigenvalue weighted by atomic mass is 79.9. The summed E-state index contributed by atoms with van der Waals surface area (Å²) in [6.45, 7) is 4.18. The number of nitrogens with zero attached hydrogens (tertiary/aromatic N) is 2. The minimum atomic E-state index is -0.383. The average molecular weight is 582 g/mol. The summed E-state index contributed by atoms with van der Waals surface area (Å²) in [6.07, 6.45) is 1.92. The van der Waals surface area contributed by atoms with Gasteiger partial charge in [0.05, 0.1) is 32.9 Å². The highest BCUT2D eigenvalue weighted by Gasteiger charge is 2.38. The number of amidine groups is 1. The van der Waals surface area contributed by atoms with Gasteiger partial charge in [0.2, 0.25) is 0 Å². The second-order valence-corrected chi connectivity index (χ2v) is 9.64. The normalized spacial score (nSPS) is 17.3. The summed E-state index contributed by atoms with van der Waals surface area (Å²) in [5.41, 5.74) is 2.87. The molecule has 0 unspecified atom stereocenters. The monoisotopic (exact) mass is 580 g/mol. The third kappa shape index (κ3) is 4.65. The lowest BCUT2D eigenvalue weighted by Crippen LogP contribution is -2.34. The predicted octanol–water partition coefficient (Wildman–Crippen LogP) is 6.70. The van der Waals surface area contributed by atoms with Gasteiger partial charge in [-0.3, -0.25) is 0 Å². The number of fused-ring (bicyclic) bond motifs is 1. The Balaban J connectivity index is 1.67. The van der Waals surface area contributed by atoms with Gasteiger partial charge >= 0.3 is 5.97 Å². The first-order valence-corrected chi connectivity index (χ1v) is 12.3. The van der Waals surface area contributed by atoms with Gasteiger partial charge in [0.15, 0.2) is 5.17 Å². The van der Waals surface area contributed by atoms with Gasteiger partial charge in [-0.1, -0.05) is 23.9 Å². The van der Waals surface area contributed by atoms with Crippen molar-refractivity contribution in [3.63, 3.8) is 0 Å². The Labute approximate surface area is 206 Å². The summed E-state index contributed by atoms with van der Waals surface area (Å²) < 4.78 is 25.9. The highest BCUT2D eigenvalue weighted by molar-refractivity contribution is 9.11. The van der Waals surface area contributed by atoms with Crippen LogP contribution in [0.2, 0.25) is 0 Å². The van der Waals surface area contributed by atoms with Crippen LogP contribution in [0.4, 0.5) is 4.39 Å². The van der Waals surface area contributed by atoms with Gasteiger partial charge in [-0.25, -0.2) is 14.2 Å². The van der Waals surface area contributed by atoms with Crippen molar-refractivity contribution in [1.29, 1.82) is 0 Å². The van der Waals surface area contributed by atoms with Gasteiger partial charge < -0.3 is 14.4 Å². The van der Waals surface area contributed by atoms with Crippen molar-refractivity contribution in [1.82, 2.24) is 4.90 Å². The number of halogens is 3. The van der Waals surface area contributed by atoms with Gasteiger partial charge in [-0.2, -0.15) is 0 Å². The average Bonchev–Trinajstić information content (AvgIpc) is 3.21. The molecule has 0 spiro atoms. The molecule has 1 atom stereocenters. The van der Waals surface area contributed by atoms with E-state index < -0.39 is 0 Å². The van der Waals surface area contributed by atoms with Crippen LogP contribution >= 0.6 is 43.6 Å². The van der Waals surface area contributed by atoms with Gasteiger partial charge in [-0.05, 0) is 86.5 Å². The summed E-state index contributed by atoms with van der Waals surface area (Å²) in [5.74, 6) is -0.0507. The molecule has 0 amide bonds. The Bertz CT molecular complexity index is 1130. The lowest BCUT2D eigenvalue weighted by atomic mass is 9.95. The number of carbonyl (C=O) groups excluding carboxylic acids is 1. The maximum Gasteiger partial charge on any atom is 0.338 e. The molecule has 0 radical (unpaired) electrons. The van der Waals surface area contributed by atoms with Crippen molar-refractivity contribution in [2.75, 3.05) is 6.61 Å². The van der Waals surface area contributed by atoms with Crippen LogP contribution in [0.3, 0.4) is 0 Å².